The molecular weight excluding hydrogens is 272 g/mol. The molecule has 3 atom stereocenters. The van der Waals surface area contributed by atoms with Crippen molar-refractivity contribution in [2.75, 3.05) is 12.4 Å². The Balaban J connectivity index is 2.15. The Labute approximate surface area is 122 Å². The van der Waals surface area contributed by atoms with Gasteiger partial charge in [-0.05, 0) is 43.2 Å². The highest BCUT2D eigenvalue weighted by atomic mass is 32.2. The van der Waals surface area contributed by atoms with Crippen molar-refractivity contribution in [2.45, 2.75) is 44.0 Å². The molecule has 5 heteroatoms. The van der Waals surface area contributed by atoms with E-state index >= 15 is 0 Å². The first-order chi connectivity index (χ1) is 9.44. The molecule has 0 aromatic heterocycles. The summed E-state index contributed by atoms with van der Waals surface area (Å²) in [4.78, 5) is 0.328. The monoisotopic (exact) mass is 296 g/mol. The number of sulfonamides is 1. The maximum absolute atomic E-state index is 12.5. The number of para-hydroxylation sites is 1. The van der Waals surface area contributed by atoms with Crippen molar-refractivity contribution < 1.29 is 8.42 Å². The zero-order valence-corrected chi connectivity index (χ0v) is 13.2. The number of nitrogens with one attached hydrogen (secondary N) is 2. The lowest BCUT2D eigenvalue weighted by Gasteiger charge is -2.32. The molecule has 0 aliphatic heterocycles. The highest BCUT2D eigenvalue weighted by Gasteiger charge is 2.28. The first-order valence-electron chi connectivity index (χ1n) is 7.23. The summed E-state index contributed by atoms with van der Waals surface area (Å²) >= 11 is 0. The van der Waals surface area contributed by atoms with Gasteiger partial charge in [0.2, 0.25) is 10.0 Å². The maximum atomic E-state index is 12.5. The second kappa shape index (κ2) is 6.14. The van der Waals surface area contributed by atoms with E-state index in [0.717, 1.165) is 19.3 Å². The van der Waals surface area contributed by atoms with Gasteiger partial charge in [-0.3, -0.25) is 0 Å². The van der Waals surface area contributed by atoms with Crippen molar-refractivity contribution in [3.8, 4) is 0 Å². The molecule has 1 saturated carbocycles. The van der Waals surface area contributed by atoms with Crippen LogP contribution in [0.2, 0.25) is 0 Å². The Bertz CT molecular complexity index is 557. The fraction of sp³-hybridized carbons (Fsp3) is 0.600. The van der Waals surface area contributed by atoms with Crippen LogP contribution < -0.4 is 10.0 Å². The predicted molar refractivity (Wildman–Crippen MR) is 82.3 cm³/mol. The van der Waals surface area contributed by atoms with E-state index in [1.165, 1.54) is 0 Å². The molecule has 4 nitrogen and oxygen atoms in total. The third kappa shape index (κ3) is 3.33. The molecule has 0 saturated heterocycles. The SMILES string of the molecule is CNc1ccccc1S(=O)(=O)NC1CCC(C)C(C)C1. The first kappa shape index (κ1) is 15.3. The summed E-state index contributed by atoms with van der Waals surface area (Å²) < 4.78 is 27.9. The Morgan fingerprint density at radius 3 is 2.45 bits per heavy atom. The number of anilines is 1. The van der Waals surface area contributed by atoms with E-state index in [4.69, 9.17) is 0 Å². The van der Waals surface area contributed by atoms with Gasteiger partial charge >= 0.3 is 0 Å². The molecule has 1 aromatic carbocycles. The van der Waals surface area contributed by atoms with Crippen molar-refractivity contribution in [1.29, 1.82) is 0 Å². The Morgan fingerprint density at radius 2 is 1.80 bits per heavy atom. The van der Waals surface area contributed by atoms with Gasteiger partial charge in [0.05, 0.1) is 5.69 Å². The van der Waals surface area contributed by atoms with Crippen LogP contribution in [0.5, 0.6) is 0 Å². The van der Waals surface area contributed by atoms with Crippen molar-refractivity contribution in [2.24, 2.45) is 11.8 Å². The van der Waals surface area contributed by atoms with Gasteiger partial charge in [0.1, 0.15) is 4.90 Å². The average Bonchev–Trinajstić information content (AvgIpc) is 2.42. The largest absolute Gasteiger partial charge is 0.387 e. The summed E-state index contributed by atoms with van der Waals surface area (Å²) in [5.74, 6) is 1.25. The first-order valence-corrected chi connectivity index (χ1v) is 8.71. The number of hydrogen-bond acceptors (Lipinski definition) is 3. The molecule has 1 fully saturated rings. The molecule has 1 aliphatic rings. The van der Waals surface area contributed by atoms with Crippen LogP contribution in [0, 0.1) is 11.8 Å². The Kier molecular flexibility index (Phi) is 4.70. The predicted octanol–water partition coefficient (Wildman–Crippen LogP) is 2.83. The van der Waals surface area contributed by atoms with Crippen LogP contribution in [-0.2, 0) is 10.0 Å². The van der Waals surface area contributed by atoms with Gasteiger partial charge in [-0.2, -0.15) is 0 Å². The second-order valence-corrected chi connectivity index (χ2v) is 7.51. The maximum Gasteiger partial charge on any atom is 0.242 e. The highest BCUT2D eigenvalue weighted by Crippen LogP contribution is 2.30. The number of rotatable bonds is 4. The lowest BCUT2D eigenvalue weighted by atomic mass is 9.79. The Morgan fingerprint density at radius 1 is 1.10 bits per heavy atom. The van der Waals surface area contributed by atoms with Gasteiger partial charge in [0.15, 0.2) is 0 Å². The van der Waals surface area contributed by atoms with Crippen molar-refractivity contribution in [3.63, 3.8) is 0 Å². The normalized spacial score (nSPS) is 27.2. The van der Waals surface area contributed by atoms with Gasteiger partial charge in [0, 0.05) is 13.1 Å². The number of hydrogen-bond donors (Lipinski definition) is 2. The van der Waals surface area contributed by atoms with Crippen LogP contribution in [0.4, 0.5) is 5.69 Å². The highest BCUT2D eigenvalue weighted by molar-refractivity contribution is 7.89. The minimum Gasteiger partial charge on any atom is -0.387 e. The van der Waals surface area contributed by atoms with Crippen molar-refractivity contribution in [1.82, 2.24) is 4.72 Å². The third-order valence-corrected chi connectivity index (χ3v) is 5.94. The van der Waals surface area contributed by atoms with E-state index in [1.807, 2.05) is 6.07 Å². The molecule has 0 spiro atoms. The summed E-state index contributed by atoms with van der Waals surface area (Å²) in [5, 5.41) is 2.94. The van der Waals surface area contributed by atoms with E-state index in [1.54, 1.807) is 25.2 Å². The van der Waals surface area contributed by atoms with Crippen LogP contribution in [0.3, 0.4) is 0 Å². The van der Waals surface area contributed by atoms with Crippen LogP contribution in [0.1, 0.15) is 33.1 Å². The van der Waals surface area contributed by atoms with E-state index in [0.29, 0.717) is 22.4 Å². The summed E-state index contributed by atoms with van der Waals surface area (Å²) in [7, 11) is -1.72. The minimum atomic E-state index is -3.46. The number of benzene rings is 1. The van der Waals surface area contributed by atoms with Crippen molar-refractivity contribution >= 4 is 15.7 Å². The van der Waals surface area contributed by atoms with Crippen LogP contribution in [-0.4, -0.2) is 21.5 Å². The van der Waals surface area contributed by atoms with Crippen LogP contribution in [0.25, 0.3) is 0 Å². The van der Waals surface area contributed by atoms with Gasteiger partial charge in [-0.15, -0.1) is 0 Å². The molecule has 2 N–H and O–H groups in total. The molecule has 1 aliphatic carbocycles. The minimum absolute atomic E-state index is 0.0520. The van der Waals surface area contributed by atoms with Crippen molar-refractivity contribution in [3.05, 3.63) is 24.3 Å². The summed E-state index contributed by atoms with van der Waals surface area (Å²) in [6.45, 7) is 4.44. The summed E-state index contributed by atoms with van der Waals surface area (Å²) in [5.41, 5.74) is 0.636. The third-order valence-electron chi connectivity index (χ3n) is 4.37. The van der Waals surface area contributed by atoms with Gasteiger partial charge < -0.3 is 5.32 Å². The van der Waals surface area contributed by atoms with Gasteiger partial charge in [-0.1, -0.05) is 26.0 Å². The summed E-state index contributed by atoms with van der Waals surface area (Å²) in [6, 6.07) is 7.05. The standard InChI is InChI=1S/C15H24N2O2S/c1-11-8-9-13(10-12(11)2)17-20(18,19)15-7-5-4-6-14(15)16-3/h4-7,11-13,16-17H,8-10H2,1-3H3. The molecule has 0 amide bonds. The second-order valence-electron chi connectivity index (χ2n) is 5.83. The van der Waals surface area contributed by atoms with E-state index in [2.05, 4.69) is 23.9 Å². The molecule has 20 heavy (non-hydrogen) atoms. The molecule has 112 valence electrons. The van der Waals surface area contributed by atoms with Gasteiger partial charge in [0.25, 0.3) is 0 Å². The molecule has 0 heterocycles. The Hall–Kier alpha value is -1.07. The molecule has 0 bridgehead atoms. The topological polar surface area (TPSA) is 58.2 Å². The van der Waals surface area contributed by atoms with Crippen LogP contribution in [0.15, 0.2) is 29.2 Å². The lowest BCUT2D eigenvalue weighted by molar-refractivity contribution is 0.242. The quantitative estimate of drug-likeness (QED) is 0.898. The molecule has 1 aromatic rings. The zero-order valence-electron chi connectivity index (χ0n) is 12.4. The van der Waals surface area contributed by atoms with Gasteiger partial charge in [-0.25, -0.2) is 13.1 Å². The fourth-order valence-electron chi connectivity index (χ4n) is 2.84. The molecule has 3 unspecified atom stereocenters. The molecular formula is C15H24N2O2S. The smallest absolute Gasteiger partial charge is 0.242 e. The molecule has 2 rings (SSSR count). The average molecular weight is 296 g/mol. The van der Waals surface area contributed by atoms with E-state index < -0.39 is 10.0 Å². The molecule has 0 radical (unpaired) electrons. The fourth-order valence-corrected chi connectivity index (χ4v) is 4.34. The van der Waals surface area contributed by atoms with E-state index in [-0.39, 0.29) is 6.04 Å². The van der Waals surface area contributed by atoms with Crippen LogP contribution >= 0.6 is 0 Å². The summed E-state index contributed by atoms with van der Waals surface area (Å²) in [6.07, 6.45) is 2.93. The zero-order chi connectivity index (χ0) is 14.8. The lowest BCUT2D eigenvalue weighted by Crippen LogP contribution is -2.39. The van der Waals surface area contributed by atoms with E-state index in [9.17, 15) is 8.42 Å².